The Hall–Kier alpha value is -3.78. The molecule has 0 saturated carbocycles. The summed E-state index contributed by atoms with van der Waals surface area (Å²) in [6.07, 6.45) is 4.22. The third kappa shape index (κ3) is 4.63. The van der Waals surface area contributed by atoms with E-state index in [0.29, 0.717) is 27.8 Å². The van der Waals surface area contributed by atoms with E-state index in [1.54, 1.807) is 24.3 Å². The number of carbonyl (C=O) groups is 1. The number of hydrogen-bond donors (Lipinski definition) is 1. The Morgan fingerprint density at radius 2 is 1.85 bits per heavy atom. The van der Waals surface area contributed by atoms with Gasteiger partial charge in [0.15, 0.2) is 5.82 Å². The molecular formula is C25H23ClN6O2. The number of nitrogens with zero attached hydrogens (tertiary/aromatic N) is 5. The number of rotatable bonds is 5. The Kier molecular flexibility index (Phi) is 6.22. The van der Waals surface area contributed by atoms with Gasteiger partial charge in [-0.15, -0.1) is 10.2 Å². The fourth-order valence-electron chi connectivity index (χ4n) is 4.12. The second kappa shape index (κ2) is 9.61. The summed E-state index contributed by atoms with van der Waals surface area (Å²) in [5, 5.41) is 16.4. The van der Waals surface area contributed by atoms with Gasteiger partial charge in [-0.2, -0.15) is 5.10 Å². The van der Waals surface area contributed by atoms with Crippen molar-refractivity contribution < 1.29 is 4.79 Å². The zero-order chi connectivity index (χ0) is 23.5. The lowest BCUT2D eigenvalue weighted by Crippen LogP contribution is -2.29. The minimum atomic E-state index is -0.367. The van der Waals surface area contributed by atoms with E-state index < -0.39 is 0 Å². The Morgan fingerprint density at radius 3 is 2.71 bits per heavy atom. The van der Waals surface area contributed by atoms with Gasteiger partial charge < -0.3 is 9.88 Å². The van der Waals surface area contributed by atoms with Crippen LogP contribution in [0.25, 0.3) is 22.6 Å². The number of carbonyl (C=O) groups excluding carboxylic acids is 1. The molecule has 0 aliphatic carbocycles. The second-order valence-corrected chi connectivity index (χ2v) is 8.63. The third-order valence-electron chi connectivity index (χ3n) is 5.83. The van der Waals surface area contributed by atoms with Gasteiger partial charge in [-0.3, -0.25) is 9.59 Å². The van der Waals surface area contributed by atoms with E-state index in [0.717, 1.165) is 48.3 Å². The molecule has 1 amide bonds. The van der Waals surface area contributed by atoms with E-state index in [1.807, 2.05) is 30.3 Å². The van der Waals surface area contributed by atoms with Crippen molar-refractivity contribution in [1.82, 2.24) is 24.5 Å². The molecule has 8 nitrogen and oxygen atoms in total. The summed E-state index contributed by atoms with van der Waals surface area (Å²) < 4.78 is 3.27. The summed E-state index contributed by atoms with van der Waals surface area (Å²) in [4.78, 5) is 25.1. The molecule has 1 aliphatic heterocycles. The fraction of sp³-hybridized carbons (Fsp3) is 0.240. The van der Waals surface area contributed by atoms with E-state index in [-0.39, 0.29) is 18.0 Å². The average Bonchev–Trinajstić information content (AvgIpc) is 3.09. The zero-order valence-electron chi connectivity index (χ0n) is 18.4. The molecule has 0 saturated heterocycles. The first-order valence-electron chi connectivity index (χ1n) is 11.2. The van der Waals surface area contributed by atoms with Crippen LogP contribution in [0.3, 0.4) is 0 Å². The van der Waals surface area contributed by atoms with Gasteiger partial charge in [0.2, 0.25) is 5.91 Å². The summed E-state index contributed by atoms with van der Waals surface area (Å²) in [5.41, 5.74) is 2.41. The largest absolute Gasteiger partial charge is 0.324 e. The average molecular weight is 475 g/mol. The van der Waals surface area contributed by atoms with Crippen molar-refractivity contribution in [3.05, 3.63) is 81.9 Å². The van der Waals surface area contributed by atoms with Crippen LogP contribution >= 0.6 is 11.6 Å². The Bertz CT molecular complexity index is 1400. The number of nitrogens with one attached hydrogen (secondary N) is 1. The van der Waals surface area contributed by atoms with Crippen molar-refractivity contribution in [3.63, 3.8) is 0 Å². The maximum Gasteiger partial charge on any atom is 0.267 e. The number of benzene rings is 2. The van der Waals surface area contributed by atoms with Gasteiger partial charge in [-0.05, 0) is 37.1 Å². The quantitative estimate of drug-likeness (QED) is 0.468. The van der Waals surface area contributed by atoms with E-state index in [4.69, 9.17) is 11.6 Å². The van der Waals surface area contributed by atoms with Crippen LogP contribution in [-0.2, 0) is 24.3 Å². The molecule has 9 heteroatoms. The maximum atomic E-state index is 12.8. The van der Waals surface area contributed by atoms with Crippen molar-refractivity contribution >= 4 is 23.2 Å². The molecule has 2 aromatic heterocycles. The van der Waals surface area contributed by atoms with Crippen LogP contribution < -0.4 is 10.9 Å². The van der Waals surface area contributed by atoms with Gasteiger partial charge in [0.05, 0.1) is 10.7 Å². The topological polar surface area (TPSA) is 94.7 Å². The lowest BCUT2D eigenvalue weighted by atomic mass is 10.1. The number of aromatic nitrogens is 5. The van der Waals surface area contributed by atoms with Crippen molar-refractivity contribution in [3.8, 4) is 22.6 Å². The molecule has 0 spiro atoms. The first-order valence-corrected chi connectivity index (χ1v) is 11.6. The molecule has 3 heterocycles. The van der Waals surface area contributed by atoms with Crippen LogP contribution in [0.4, 0.5) is 5.69 Å². The van der Waals surface area contributed by atoms with Crippen molar-refractivity contribution in [2.45, 2.75) is 38.8 Å². The van der Waals surface area contributed by atoms with Gasteiger partial charge in [0.25, 0.3) is 5.56 Å². The zero-order valence-corrected chi connectivity index (χ0v) is 19.2. The number of amides is 1. The molecule has 4 aromatic rings. The highest BCUT2D eigenvalue weighted by atomic mass is 35.5. The van der Waals surface area contributed by atoms with Gasteiger partial charge in [-0.25, -0.2) is 4.68 Å². The number of hydrogen-bond acceptors (Lipinski definition) is 5. The molecule has 5 rings (SSSR count). The van der Waals surface area contributed by atoms with Gasteiger partial charge in [0, 0.05) is 35.8 Å². The highest BCUT2D eigenvalue weighted by Gasteiger charge is 2.19. The molecule has 0 bridgehead atoms. The molecule has 34 heavy (non-hydrogen) atoms. The molecule has 1 N–H and O–H groups in total. The van der Waals surface area contributed by atoms with Crippen molar-refractivity contribution in [2.24, 2.45) is 0 Å². The third-order valence-corrected chi connectivity index (χ3v) is 6.16. The Labute approximate surface area is 201 Å². The molecule has 0 atom stereocenters. The Balaban J connectivity index is 1.37. The van der Waals surface area contributed by atoms with E-state index in [2.05, 4.69) is 25.2 Å². The number of halogens is 1. The molecule has 0 fully saturated rings. The highest BCUT2D eigenvalue weighted by Crippen LogP contribution is 2.31. The van der Waals surface area contributed by atoms with E-state index >= 15 is 0 Å². The lowest BCUT2D eigenvalue weighted by Gasteiger charge is -2.12. The fourth-order valence-corrected chi connectivity index (χ4v) is 4.32. The summed E-state index contributed by atoms with van der Waals surface area (Å²) in [7, 11) is 0. The van der Waals surface area contributed by atoms with Crippen LogP contribution in [-0.4, -0.2) is 30.5 Å². The van der Waals surface area contributed by atoms with Crippen LogP contribution in [0.2, 0.25) is 5.02 Å². The normalized spacial score (nSPS) is 13.2. The predicted molar refractivity (Wildman–Crippen MR) is 131 cm³/mol. The first kappa shape index (κ1) is 22.0. The summed E-state index contributed by atoms with van der Waals surface area (Å²) in [6.45, 7) is 0.634. The molecule has 0 radical (unpaired) electrons. The van der Waals surface area contributed by atoms with Crippen LogP contribution in [0.5, 0.6) is 0 Å². The minimum absolute atomic E-state index is 0.211. The second-order valence-electron chi connectivity index (χ2n) is 8.23. The lowest BCUT2D eigenvalue weighted by molar-refractivity contribution is -0.117. The molecule has 1 aliphatic rings. The van der Waals surface area contributed by atoms with Crippen molar-refractivity contribution in [1.29, 1.82) is 0 Å². The number of anilines is 1. The maximum absolute atomic E-state index is 12.8. The number of fused-ring (bicyclic) bond motifs is 1. The summed E-state index contributed by atoms with van der Waals surface area (Å²) in [5.74, 6) is 1.29. The Morgan fingerprint density at radius 1 is 1.00 bits per heavy atom. The standard InChI is InChI=1S/C25H23ClN6O2/c26-20-11-10-18(15-19(20)25-29-28-22-9-5-2-6-14-31(22)25)27-23(33)16-32-24(34)13-12-21(30-32)17-7-3-1-4-8-17/h1,3-4,7-8,10-13,15H,2,5-6,9,14,16H2,(H,27,33). The first-order chi connectivity index (χ1) is 16.6. The monoisotopic (exact) mass is 474 g/mol. The molecular weight excluding hydrogens is 452 g/mol. The smallest absolute Gasteiger partial charge is 0.267 e. The SMILES string of the molecule is O=C(Cn1nc(-c2ccccc2)ccc1=O)Nc1ccc(Cl)c(-c2nnc3n2CCCCC3)c1. The minimum Gasteiger partial charge on any atom is -0.324 e. The predicted octanol–water partition coefficient (Wildman–Crippen LogP) is 4.19. The summed E-state index contributed by atoms with van der Waals surface area (Å²) >= 11 is 6.48. The van der Waals surface area contributed by atoms with Gasteiger partial charge in [0.1, 0.15) is 12.4 Å². The van der Waals surface area contributed by atoms with E-state index in [1.165, 1.54) is 6.07 Å². The highest BCUT2D eigenvalue weighted by molar-refractivity contribution is 6.33. The van der Waals surface area contributed by atoms with Gasteiger partial charge in [-0.1, -0.05) is 48.4 Å². The van der Waals surface area contributed by atoms with Crippen LogP contribution in [0.1, 0.15) is 25.1 Å². The molecule has 172 valence electrons. The molecule has 0 unspecified atom stereocenters. The van der Waals surface area contributed by atoms with E-state index in [9.17, 15) is 9.59 Å². The van der Waals surface area contributed by atoms with Crippen LogP contribution in [0.15, 0.2) is 65.5 Å². The van der Waals surface area contributed by atoms with Gasteiger partial charge >= 0.3 is 0 Å². The van der Waals surface area contributed by atoms with Crippen molar-refractivity contribution in [2.75, 3.05) is 5.32 Å². The summed E-state index contributed by atoms with van der Waals surface area (Å²) in [6, 6.07) is 17.8. The molecule has 2 aromatic carbocycles. The number of aryl methyl sites for hydroxylation is 1. The van der Waals surface area contributed by atoms with Crippen LogP contribution in [0, 0.1) is 0 Å².